The first kappa shape index (κ1) is 15.3. The van der Waals surface area contributed by atoms with E-state index in [9.17, 15) is 4.79 Å². The molecule has 106 valence electrons. The molecular formula is C14H20O5. The highest BCUT2D eigenvalue weighted by atomic mass is 16.6. The molecule has 0 aromatic heterocycles. The smallest absolute Gasteiger partial charge is 0.203 e. The number of hydrogen-bond donors (Lipinski definition) is 0. The number of ether oxygens (including phenoxy) is 4. The SMILES string of the molecule is CCCOCCOc1c(OC)cc(C=O)cc1OC. The summed E-state index contributed by atoms with van der Waals surface area (Å²) in [6.45, 7) is 3.65. The summed E-state index contributed by atoms with van der Waals surface area (Å²) < 4.78 is 21.3. The summed E-state index contributed by atoms with van der Waals surface area (Å²) in [6, 6.07) is 3.22. The maximum absolute atomic E-state index is 10.8. The molecule has 0 heterocycles. The molecule has 5 heteroatoms. The number of rotatable bonds is 9. The Balaban J connectivity index is 2.76. The number of aldehydes is 1. The Labute approximate surface area is 113 Å². The van der Waals surface area contributed by atoms with Crippen LogP contribution >= 0.6 is 0 Å². The first-order chi connectivity index (χ1) is 9.26. The first-order valence-electron chi connectivity index (χ1n) is 6.18. The zero-order valence-corrected chi connectivity index (χ0v) is 11.6. The van der Waals surface area contributed by atoms with Gasteiger partial charge in [0.15, 0.2) is 11.5 Å². The Morgan fingerprint density at radius 2 is 1.68 bits per heavy atom. The fourth-order valence-electron chi connectivity index (χ4n) is 1.56. The van der Waals surface area contributed by atoms with Gasteiger partial charge in [-0.3, -0.25) is 4.79 Å². The van der Waals surface area contributed by atoms with Crippen LogP contribution in [-0.2, 0) is 4.74 Å². The quantitative estimate of drug-likeness (QED) is 0.508. The molecule has 0 amide bonds. The molecule has 0 atom stereocenters. The molecule has 0 aliphatic carbocycles. The van der Waals surface area contributed by atoms with Gasteiger partial charge in [-0.2, -0.15) is 0 Å². The van der Waals surface area contributed by atoms with Gasteiger partial charge in [0.25, 0.3) is 0 Å². The Morgan fingerprint density at radius 1 is 1.05 bits per heavy atom. The van der Waals surface area contributed by atoms with Crippen LogP contribution < -0.4 is 14.2 Å². The van der Waals surface area contributed by atoms with E-state index in [1.54, 1.807) is 12.1 Å². The Kier molecular flexibility index (Phi) is 6.74. The molecule has 5 nitrogen and oxygen atoms in total. The van der Waals surface area contributed by atoms with Crippen LogP contribution in [0.15, 0.2) is 12.1 Å². The number of methoxy groups -OCH3 is 2. The van der Waals surface area contributed by atoms with Crippen molar-refractivity contribution >= 4 is 6.29 Å². The van der Waals surface area contributed by atoms with Crippen molar-refractivity contribution in [1.29, 1.82) is 0 Å². The van der Waals surface area contributed by atoms with Gasteiger partial charge in [-0.15, -0.1) is 0 Å². The number of hydrogen-bond acceptors (Lipinski definition) is 5. The minimum absolute atomic E-state index is 0.396. The van der Waals surface area contributed by atoms with Crippen molar-refractivity contribution in [3.63, 3.8) is 0 Å². The maximum atomic E-state index is 10.8. The molecule has 0 spiro atoms. The molecular weight excluding hydrogens is 248 g/mol. The van der Waals surface area contributed by atoms with Crippen molar-refractivity contribution in [3.8, 4) is 17.2 Å². The summed E-state index contributed by atoms with van der Waals surface area (Å²) in [6.07, 6.45) is 1.71. The molecule has 0 radical (unpaired) electrons. The molecule has 0 N–H and O–H groups in total. The Morgan fingerprint density at radius 3 is 2.16 bits per heavy atom. The van der Waals surface area contributed by atoms with Crippen LogP contribution in [0.5, 0.6) is 17.2 Å². The van der Waals surface area contributed by atoms with Crippen LogP contribution in [0.4, 0.5) is 0 Å². The van der Waals surface area contributed by atoms with E-state index in [4.69, 9.17) is 18.9 Å². The van der Waals surface area contributed by atoms with Crippen molar-refractivity contribution in [3.05, 3.63) is 17.7 Å². The van der Waals surface area contributed by atoms with Crippen molar-refractivity contribution in [2.45, 2.75) is 13.3 Å². The standard InChI is InChI=1S/C14H20O5/c1-4-5-18-6-7-19-14-12(16-2)8-11(10-15)9-13(14)17-3/h8-10H,4-7H2,1-3H3. The molecule has 0 bridgehead atoms. The van der Waals surface area contributed by atoms with Gasteiger partial charge in [-0.25, -0.2) is 0 Å². The molecule has 19 heavy (non-hydrogen) atoms. The average molecular weight is 268 g/mol. The summed E-state index contributed by atoms with van der Waals surface area (Å²) in [5.41, 5.74) is 0.475. The van der Waals surface area contributed by atoms with Crippen LogP contribution in [-0.4, -0.2) is 40.3 Å². The number of carbonyl (C=O) groups is 1. The second kappa shape index (κ2) is 8.37. The minimum atomic E-state index is 0.396. The summed E-state index contributed by atoms with van der Waals surface area (Å²) in [5.74, 6) is 1.42. The van der Waals surface area contributed by atoms with E-state index < -0.39 is 0 Å². The number of benzene rings is 1. The molecule has 0 aliphatic heterocycles. The van der Waals surface area contributed by atoms with Gasteiger partial charge in [0, 0.05) is 12.2 Å². The zero-order valence-electron chi connectivity index (χ0n) is 11.6. The van der Waals surface area contributed by atoms with Crippen molar-refractivity contribution < 1.29 is 23.7 Å². The molecule has 0 saturated carbocycles. The van der Waals surface area contributed by atoms with E-state index in [-0.39, 0.29) is 0 Å². The summed E-state index contributed by atoms with van der Waals surface area (Å²) in [7, 11) is 3.04. The van der Waals surface area contributed by atoms with Crippen molar-refractivity contribution in [2.75, 3.05) is 34.0 Å². The summed E-state index contributed by atoms with van der Waals surface area (Å²) in [5, 5.41) is 0. The summed E-state index contributed by atoms with van der Waals surface area (Å²) in [4.78, 5) is 10.8. The topological polar surface area (TPSA) is 54.0 Å². The van der Waals surface area contributed by atoms with Gasteiger partial charge in [0.05, 0.1) is 20.8 Å². The lowest BCUT2D eigenvalue weighted by Gasteiger charge is -2.15. The zero-order chi connectivity index (χ0) is 14.1. The molecule has 1 rings (SSSR count). The molecule has 1 aromatic rings. The molecule has 1 aromatic carbocycles. The largest absolute Gasteiger partial charge is 0.493 e. The highest BCUT2D eigenvalue weighted by molar-refractivity contribution is 5.78. The molecule has 0 aliphatic rings. The third-order valence-electron chi connectivity index (χ3n) is 2.44. The van der Waals surface area contributed by atoms with E-state index in [0.717, 1.165) is 12.7 Å². The normalized spacial score (nSPS) is 10.1. The summed E-state index contributed by atoms with van der Waals surface area (Å²) >= 11 is 0. The lowest BCUT2D eigenvalue weighted by atomic mass is 10.2. The number of carbonyl (C=O) groups excluding carboxylic acids is 1. The van der Waals surface area contributed by atoms with Gasteiger partial charge in [-0.05, 0) is 18.6 Å². The average Bonchev–Trinajstić information content (AvgIpc) is 2.46. The van der Waals surface area contributed by atoms with Crippen LogP contribution in [0.3, 0.4) is 0 Å². The van der Waals surface area contributed by atoms with Gasteiger partial charge < -0.3 is 18.9 Å². The van der Waals surface area contributed by atoms with Gasteiger partial charge in [-0.1, -0.05) is 6.92 Å². The predicted octanol–water partition coefficient (Wildman–Crippen LogP) is 2.32. The Bertz CT molecular complexity index is 378. The third-order valence-corrected chi connectivity index (χ3v) is 2.44. The fraction of sp³-hybridized carbons (Fsp3) is 0.500. The molecule has 0 fully saturated rings. The third kappa shape index (κ3) is 4.44. The van der Waals surface area contributed by atoms with Gasteiger partial charge in [0.1, 0.15) is 12.9 Å². The predicted molar refractivity (Wildman–Crippen MR) is 71.5 cm³/mol. The van der Waals surface area contributed by atoms with E-state index in [1.807, 2.05) is 6.92 Å². The van der Waals surface area contributed by atoms with Crippen LogP contribution in [0.25, 0.3) is 0 Å². The van der Waals surface area contributed by atoms with Gasteiger partial charge >= 0.3 is 0 Å². The lowest BCUT2D eigenvalue weighted by Crippen LogP contribution is -2.09. The Hall–Kier alpha value is -1.75. The molecule has 0 unspecified atom stereocenters. The fourth-order valence-corrected chi connectivity index (χ4v) is 1.56. The van der Waals surface area contributed by atoms with Crippen molar-refractivity contribution in [1.82, 2.24) is 0 Å². The second-order valence-electron chi connectivity index (χ2n) is 3.83. The minimum Gasteiger partial charge on any atom is -0.493 e. The van der Waals surface area contributed by atoms with Crippen LogP contribution in [0.2, 0.25) is 0 Å². The van der Waals surface area contributed by atoms with Gasteiger partial charge in [0.2, 0.25) is 5.75 Å². The van der Waals surface area contributed by atoms with E-state index in [1.165, 1.54) is 14.2 Å². The van der Waals surface area contributed by atoms with Crippen molar-refractivity contribution in [2.24, 2.45) is 0 Å². The van der Waals surface area contributed by atoms with Crippen LogP contribution in [0, 0.1) is 0 Å². The highest BCUT2D eigenvalue weighted by Crippen LogP contribution is 2.38. The first-order valence-corrected chi connectivity index (χ1v) is 6.18. The maximum Gasteiger partial charge on any atom is 0.203 e. The van der Waals surface area contributed by atoms with Crippen LogP contribution in [0.1, 0.15) is 23.7 Å². The highest BCUT2D eigenvalue weighted by Gasteiger charge is 2.13. The van der Waals surface area contributed by atoms with E-state index in [2.05, 4.69) is 0 Å². The van der Waals surface area contributed by atoms with E-state index >= 15 is 0 Å². The monoisotopic (exact) mass is 268 g/mol. The lowest BCUT2D eigenvalue weighted by molar-refractivity contribution is 0.0982. The molecule has 0 saturated heterocycles. The van der Waals surface area contributed by atoms with E-state index in [0.29, 0.717) is 42.6 Å². The second-order valence-corrected chi connectivity index (χ2v) is 3.83.